The standard InChI is InChI=1S/C13H22N4O3S2/c1-4-10(2)17(11-5-6-22(19,20)8-11)12(18)7-21-13-15-14-9-16(13)3/h9-11H,4-8H2,1-3H3/t10-,11-/m0/s1. The van der Waals surface area contributed by atoms with Gasteiger partial charge in [-0.1, -0.05) is 18.7 Å². The molecule has 0 spiro atoms. The largest absolute Gasteiger partial charge is 0.335 e. The fraction of sp³-hybridized carbons (Fsp3) is 0.769. The van der Waals surface area contributed by atoms with Crippen molar-refractivity contribution in [3.8, 4) is 0 Å². The number of carbonyl (C=O) groups excluding carboxylic acids is 1. The second-order valence-electron chi connectivity index (χ2n) is 5.63. The third-order valence-electron chi connectivity index (χ3n) is 3.95. The molecule has 2 rings (SSSR count). The van der Waals surface area contributed by atoms with Crippen LogP contribution in [-0.2, 0) is 21.7 Å². The number of hydrogen-bond acceptors (Lipinski definition) is 6. The van der Waals surface area contributed by atoms with Crippen LogP contribution in [0.3, 0.4) is 0 Å². The minimum Gasteiger partial charge on any atom is -0.335 e. The lowest BCUT2D eigenvalue weighted by molar-refractivity contribution is -0.132. The molecular weight excluding hydrogens is 324 g/mol. The average molecular weight is 346 g/mol. The maximum Gasteiger partial charge on any atom is 0.233 e. The molecule has 2 atom stereocenters. The van der Waals surface area contributed by atoms with Crippen molar-refractivity contribution < 1.29 is 13.2 Å². The Morgan fingerprint density at radius 1 is 1.59 bits per heavy atom. The number of nitrogens with zero attached hydrogens (tertiary/aromatic N) is 4. The number of carbonyl (C=O) groups is 1. The first-order chi connectivity index (χ1) is 10.3. The van der Waals surface area contributed by atoms with Crippen LogP contribution in [0, 0.1) is 0 Å². The summed E-state index contributed by atoms with van der Waals surface area (Å²) in [4.78, 5) is 14.4. The Bertz CT molecular complexity index is 629. The molecule has 0 saturated carbocycles. The summed E-state index contributed by atoms with van der Waals surface area (Å²) in [6, 6.07) is -0.168. The van der Waals surface area contributed by atoms with Gasteiger partial charge in [0.1, 0.15) is 6.33 Å². The van der Waals surface area contributed by atoms with E-state index in [9.17, 15) is 13.2 Å². The van der Waals surface area contributed by atoms with Crippen molar-refractivity contribution in [2.75, 3.05) is 17.3 Å². The van der Waals surface area contributed by atoms with Crippen LogP contribution in [0.1, 0.15) is 26.7 Å². The van der Waals surface area contributed by atoms with Gasteiger partial charge in [-0.15, -0.1) is 10.2 Å². The van der Waals surface area contributed by atoms with E-state index in [1.807, 2.05) is 20.9 Å². The summed E-state index contributed by atoms with van der Waals surface area (Å²) in [7, 11) is -1.19. The van der Waals surface area contributed by atoms with Crippen molar-refractivity contribution in [1.29, 1.82) is 0 Å². The van der Waals surface area contributed by atoms with E-state index in [1.54, 1.807) is 15.8 Å². The molecular formula is C13H22N4O3S2. The average Bonchev–Trinajstić information content (AvgIpc) is 3.02. The summed E-state index contributed by atoms with van der Waals surface area (Å²) >= 11 is 1.33. The number of sulfone groups is 1. The Kier molecular flexibility index (Phi) is 5.49. The first-order valence-corrected chi connectivity index (χ1v) is 10.1. The highest BCUT2D eigenvalue weighted by molar-refractivity contribution is 7.99. The molecule has 1 amide bonds. The third-order valence-corrected chi connectivity index (χ3v) is 6.72. The predicted molar refractivity (Wildman–Crippen MR) is 85.4 cm³/mol. The molecule has 1 saturated heterocycles. The van der Waals surface area contributed by atoms with E-state index in [1.165, 1.54) is 11.8 Å². The molecule has 1 aromatic heterocycles. The van der Waals surface area contributed by atoms with E-state index < -0.39 is 9.84 Å². The second-order valence-corrected chi connectivity index (χ2v) is 8.80. The molecule has 9 heteroatoms. The van der Waals surface area contributed by atoms with Gasteiger partial charge in [-0.3, -0.25) is 4.79 Å². The second kappa shape index (κ2) is 6.99. The van der Waals surface area contributed by atoms with Gasteiger partial charge in [0.25, 0.3) is 0 Å². The SMILES string of the molecule is CC[C@H](C)N(C(=O)CSc1nncn1C)[C@H]1CCS(=O)(=O)C1. The molecule has 7 nitrogen and oxygen atoms in total. The first-order valence-electron chi connectivity index (χ1n) is 7.32. The van der Waals surface area contributed by atoms with Crippen LogP contribution < -0.4 is 0 Å². The quantitative estimate of drug-likeness (QED) is 0.706. The Morgan fingerprint density at radius 2 is 2.32 bits per heavy atom. The van der Waals surface area contributed by atoms with Crippen LogP contribution in [0.15, 0.2) is 11.5 Å². The van der Waals surface area contributed by atoms with E-state index in [-0.39, 0.29) is 35.2 Å². The smallest absolute Gasteiger partial charge is 0.233 e. The first kappa shape index (κ1) is 17.3. The number of aromatic nitrogens is 3. The summed E-state index contributed by atoms with van der Waals surface area (Å²) in [5, 5.41) is 8.40. The molecule has 1 aliphatic heterocycles. The van der Waals surface area contributed by atoms with Gasteiger partial charge in [0.15, 0.2) is 15.0 Å². The Balaban J connectivity index is 2.05. The number of hydrogen-bond donors (Lipinski definition) is 0. The zero-order valence-electron chi connectivity index (χ0n) is 13.1. The minimum absolute atomic E-state index is 0.0332. The van der Waals surface area contributed by atoms with Crippen LogP contribution in [0.2, 0.25) is 0 Å². The van der Waals surface area contributed by atoms with Crippen molar-refractivity contribution in [2.24, 2.45) is 7.05 Å². The van der Waals surface area contributed by atoms with Crippen LogP contribution >= 0.6 is 11.8 Å². The summed E-state index contributed by atoms with van der Waals surface area (Å²) in [6.45, 7) is 3.97. The van der Waals surface area contributed by atoms with E-state index in [2.05, 4.69) is 10.2 Å². The Hall–Kier alpha value is -1.09. The molecule has 1 aliphatic rings. The highest BCUT2D eigenvalue weighted by Crippen LogP contribution is 2.23. The fourth-order valence-corrected chi connectivity index (χ4v) is 5.07. The molecule has 0 unspecified atom stereocenters. The van der Waals surface area contributed by atoms with Gasteiger partial charge >= 0.3 is 0 Å². The third kappa shape index (κ3) is 4.01. The Labute approximate surface area is 135 Å². The summed E-state index contributed by atoms with van der Waals surface area (Å²) < 4.78 is 25.2. The summed E-state index contributed by atoms with van der Waals surface area (Å²) in [5.41, 5.74) is 0. The van der Waals surface area contributed by atoms with E-state index in [4.69, 9.17) is 0 Å². The van der Waals surface area contributed by atoms with Gasteiger partial charge < -0.3 is 9.47 Å². The molecule has 1 aromatic rings. The van der Waals surface area contributed by atoms with Crippen LogP contribution in [0.4, 0.5) is 0 Å². The number of rotatable bonds is 6. The van der Waals surface area contributed by atoms with Crippen molar-refractivity contribution in [2.45, 2.75) is 43.9 Å². The van der Waals surface area contributed by atoms with Gasteiger partial charge in [0.05, 0.1) is 17.3 Å². The summed E-state index contributed by atoms with van der Waals surface area (Å²) in [5.74, 6) is 0.462. The lowest BCUT2D eigenvalue weighted by Crippen LogP contribution is -2.47. The monoisotopic (exact) mass is 346 g/mol. The van der Waals surface area contributed by atoms with Gasteiger partial charge in [0.2, 0.25) is 5.91 Å². The van der Waals surface area contributed by atoms with Crippen molar-refractivity contribution >= 4 is 27.5 Å². The number of amides is 1. The van der Waals surface area contributed by atoms with E-state index >= 15 is 0 Å². The lowest BCUT2D eigenvalue weighted by atomic mass is 10.1. The molecule has 0 N–H and O–H groups in total. The maximum atomic E-state index is 12.6. The molecule has 2 heterocycles. The van der Waals surface area contributed by atoms with Crippen molar-refractivity contribution in [3.05, 3.63) is 6.33 Å². The lowest BCUT2D eigenvalue weighted by Gasteiger charge is -2.33. The summed E-state index contributed by atoms with van der Waals surface area (Å²) in [6.07, 6.45) is 2.92. The predicted octanol–water partition coefficient (Wildman–Crippen LogP) is 0.721. The molecule has 0 aliphatic carbocycles. The topological polar surface area (TPSA) is 85.2 Å². The van der Waals surface area contributed by atoms with Crippen LogP contribution in [-0.4, -0.2) is 63.3 Å². The fourth-order valence-electron chi connectivity index (χ4n) is 2.60. The number of thioether (sulfide) groups is 1. The van der Waals surface area contributed by atoms with E-state index in [0.29, 0.717) is 11.6 Å². The molecule has 124 valence electrons. The van der Waals surface area contributed by atoms with Gasteiger partial charge in [-0.05, 0) is 19.8 Å². The van der Waals surface area contributed by atoms with Gasteiger partial charge in [-0.2, -0.15) is 0 Å². The highest BCUT2D eigenvalue weighted by atomic mass is 32.2. The molecule has 22 heavy (non-hydrogen) atoms. The zero-order valence-corrected chi connectivity index (χ0v) is 14.7. The maximum absolute atomic E-state index is 12.6. The van der Waals surface area contributed by atoms with Gasteiger partial charge in [-0.25, -0.2) is 8.42 Å². The molecule has 1 fully saturated rings. The van der Waals surface area contributed by atoms with E-state index in [0.717, 1.165) is 6.42 Å². The Morgan fingerprint density at radius 3 is 2.82 bits per heavy atom. The van der Waals surface area contributed by atoms with Crippen molar-refractivity contribution in [1.82, 2.24) is 19.7 Å². The number of aryl methyl sites for hydroxylation is 1. The molecule has 0 radical (unpaired) electrons. The van der Waals surface area contributed by atoms with Crippen molar-refractivity contribution in [3.63, 3.8) is 0 Å². The van der Waals surface area contributed by atoms with Crippen LogP contribution in [0.5, 0.6) is 0 Å². The highest BCUT2D eigenvalue weighted by Gasteiger charge is 2.36. The van der Waals surface area contributed by atoms with Crippen LogP contribution in [0.25, 0.3) is 0 Å². The normalized spacial score (nSPS) is 21.7. The molecule has 0 aromatic carbocycles. The minimum atomic E-state index is -3.01. The zero-order chi connectivity index (χ0) is 16.3. The van der Waals surface area contributed by atoms with Gasteiger partial charge in [0, 0.05) is 19.1 Å². The molecule has 0 bridgehead atoms.